The molecule has 1 saturated heterocycles. The minimum absolute atomic E-state index is 0.0655. The number of thiazole rings is 1. The number of amides is 1. The predicted molar refractivity (Wildman–Crippen MR) is 151 cm³/mol. The van der Waals surface area contributed by atoms with Gasteiger partial charge in [-0.3, -0.25) is 14.5 Å². The van der Waals surface area contributed by atoms with Crippen molar-refractivity contribution in [3.63, 3.8) is 0 Å². The number of anilines is 1. The van der Waals surface area contributed by atoms with Crippen molar-refractivity contribution in [2.45, 2.75) is 26.3 Å². The zero-order valence-corrected chi connectivity index (χ0v) is 22.9. The van der Waals surface area contributed by atoms with E-state index in [1.54, 1.807) is 42.5 Å². The maximum absolute atomic E-state index is 13.6. The summed E-state index contributed by atoms with van der Waals surface area (Å²) in [7, 11) is 3.04. The summed E-state index contributed by atoms with van der Waals surface area (Å²) in [5.41, 5.74) is 2.65. The normalized spacial score (nSPS) is 16.6. The molecule has 0 unspecified atom stereocenters. The Morgan fingerprint density at radius 3 is 2.38 bits per heavy atom. The molecule has 0 radical (unpaired) electrons. The van der Waals surface area contributed by atoms with E-state index >= 15 is 0 Å². The lowest BCUT2D eigenvalue weighted by Crippen LogP contribution is -2.29. The van der Waals surface area contributed by atoms with E-state index < -0.39 is 17.7 Å². The Balaban J connectivity index is 1.73. The predicted octanol–water partition coefficient (Wildman–Crippen LogP) is 5.90. The first-order valence-electron chi connectivity index (χ1n) is 12.6. The van der Waals surface area contributed by atoms with E-state index in [1.165, 1.54) is 30.5 Å². The Kier molecular flexibility index (Phi) is 7.26. The highest BCUT2D eigenvalue weighted by molar-refractivity contribution is 7.22. The smallest absolute Gasteiger partial charge is 0.301 e. The molecule has 4 aromatic rings. The Morgan fingerprint density at radius 1 is 0.974 bits per heavy atom. The van der Waals surface area contributed by atoms with Gasteiger partial charge in [-0.15, -0.1) is 0 Å². The van der Waals surface area contributed by atoms with Crippen LogP contribution in [0.25, 0.3) is 16.0 Å². The summed E-state index contributed by atoms with van der Waals surface area (Å²) in [6.45, 7) is 4.44. The Hall–Kier alpha value is -4.37. The molecule has 1 N–H and O–H groups in total. The second-order valence-electron chi connectivity index (χ2n) is 8.89. The summed E-state index contributed by atoms with van der Waals surface area (Å²) >= 11 is 1.32. The number of carbonyl (C=O) groups excluding carboxylic acids is 2. The third-order valence-corrected chi connectivity index (χ3v) is 7.69. The standard InChI is InChI=1S/C30H28N2O6S/c1-5-17-7-13-22-24(15-17)39-30(31-22)32-26(21-16-20(36-3)12-14-23(21)37-4)25(28(34)29(32)35)27(33)18-8-10-19(11-9-18)38-6-2/h7-16,26,33H,5-6H2,1-4H3/b27-25+/t26-/m0/s1. The van der Waals surface area contributed by atoms with Crippen LogP contribution in [0.4, 0.5) is 5.13 Å². The summed E-state index contributed by atoms with van der Waals surface area (Å²) in [4.78, 5) is 33.3. The van der Waals surface area contributed by atoms with Crippen molar-refractivity contribution in [1.82, 2.24) is 4.98 Å². The number of hydrogen-bond acceptors (Lipinski definition) is 8. The van der Waals surface area contributed by atoms with Crippen molar-refractivity contribution < 1.29 is 28.9 Å². The van der Waals surface area contributed by atoms with Crippen LogP contribution < -0.4 is 19.1 Å². The molecule has 1 aromatic heterocycles. The van der Waals surface area contributed by atoms with E-state index in [0.29, 0.717) is 40.1 Å². The first kappa shape index (κ1) is 26.2. The van der Waals surface area contributed by atoms with E-state index in [4.69, 9.17) is 19.2 Å². The van der Waals surface area contributed by atoms with Crippen molar-refractivity contribution >= 4 is 44.1 Å². The van der Waals surface area contributed by atoms with Crippen LogP contribution in [0.5, 0.6) is 17.2 Å². The van der Waals surface area contributed by atoms with Gasteiger partial charge in [-0.05, 0) is 73.5 Å². The lowest BCUT2D eigenvalue weighted by atomic mass is 9.94. The Bertz CT molecular complexity index is 1590. The van der Waals surface area contributed by atoms with Gasteiger partial charge < -0.3 is 19.3 Å². The number of fused-ring (bicyclic) bond motifs is 1. The summed E-state index contributed by atoms with van der Waals surface area (Å²) in [6.07, 6.45) is 0.858. The van der Waals surface area contributed by atoms with Crippen LogP contribution in [0.3, 0.4) is 0 Å². The number of Topliss-reactive ketones (excluding diaryl/α,β-unsaturated/α-hetero) is 1. The number of methoxy groups -OCH3 is 2. The molecule has 0 aliphatic carbocycles. The molecule has 1 atom stereocenters. The number of ketones is 1. The van der Waals surface area contributed by atoms with Gasteiger partial charge >= 0.3 is 5.91 Å². The third-order valence-electron chi connectivity index (χ3n) is 6.67. The highest BCUT2D eigenvalue weighted by Crippen LogP contribution is 2.47. The van der Waals surface area contributed by atoms with E-state index in [2.05, 4.69) is 6.92 Å². The Labute approximate surface area is 230 Å². The van der Waals surface area contributed by atoms with Crippen molar-refractivity contribution in [3.8, 4) is 17.2 Å². The largest absolute Gasteiger partial charge is 0.507 e. The molecule has 5 rings (SSSR count). The van der Waals surface area contributed by atoms with E-state index in [-0.39, 0.29) is 11.3 Å². The molecule has 1 amide bonds. The summed E-state index contributed by atoms with van der Waals surface area (Å²) in [5, 5.41) is 11.8. The summed E-state index contributed by atoms with van der Waals surface area (Å²) in [5.74, 6) is -0.337. The van der Waals surface area contributed by atoms with Gasteiger partial charge in [-0.25, -0.2) is 4.98 Å². The van der Waals surface area contributed by atoms with E-state index in [1.807, 2.05) is 25.1 Å². The van der Waals surface area contributed by atoms with Gasteiger partial charge in [0.25, 0.3) is 5.78 Å². The van der Waals surface area contributed by atoms with Gasteiger partial charge in [0.15, 0.2) is 5.13 Å². The van der Waals surface area contributed by atoms with Crippen molar-refractivity contribution in [1.29, 1.82) is 0 Å². The number of aliphatic hydroxyl groups excluding tert-OH is 1. The number of nitrogens with zero attached hydrogens (tertiary/aromatic N) is 2. The number of benzene rings is 3. The molecular weight excluding hydrogens is 516 g/mol. The fraction of sp³-hybridized carbons (Fsp3) is 0.233. The lowest BCUT2D eigenvalue weighted by Gasteiger charge is -2.25. The summed E-state index contributed by atoms with van der Waals surface area (Å²) in [6, 6.07) is 16.8. The third kappa shape index (κ3) is 4.70. The number of aliphatic hydroxyl groups is 1. The highest BCUT2D eigenvalue weighted by Gasteiger charge is 2.49. The first-order chi connectivity index (χ1) is 18.9. The first-order valence-corrected chi connectivity index (χ1v) is 13.4. The fourth-order valence-corrected chi connectivity index (χ4v) is 5.74. The van der Waals surface area contributed by atoms with Gasteiger partial charge in [-0.1, -0.05) is 24.3 Å². The van der Waals surface area contributed by atoms with Crippen LogP contribution in [-0.4, -0.2) is 42.6 Å². The van der Waals surface area contributed by atoms with E-state index in [9.17, 15) is 14.7 Å². The van der Waals surface area contributed by atoms with Crippen molar-refractivity contribution in [2.24, 2.45) is 0 Å². The van der Waals surface area contributed by atoms with Crippen LogP contribution in [0.2, 0.25) is 0 Å². The lowest BCUT2D eigenvalue weighted by molar-refractivity contribution is -0.132. The van der Waals surface area contributed by atoms with Crippen LogP contribution in [0.1, 0.15) is 36.6 Å². The average Bonchev–Trinajstić information content (AvgIpc) is 3.50. The van der Waals surface area contributed by atoms with Gasteiger partial charge in [0.1, 0.15) is 29.0 Å². The molecular formula is C30H28N2O6S. The molecule has 3 aromatic carbocycles. The number of carbonyl (C=O) groups is 2. The maximum atomic E-state index is 13.6. The topological polar surface area (TPSA) is 98.2 Å². The molecule has 1 aliphatic heterocycles. The van der Waals surface area contributed by atoms with Crippen LogP contribution >= 0.6 is 11.3 Å². The van der Waals surface area contributed by atoms with Crippen LogP contribution in [0.15, 0.2) is 66.2 Å². The molecule has 39 heavy (non-hydrogen) atoms. The molecule has 9 heteroatoms. The maximum Gasteiger partial charge on any atom is 0.301 e. The fourth-order valence-electron chi connectivity index (χ4n) is 4.69. The number of rotatable bonds is 8. The monoisotopic (exact) mass is 544 g/mol. The van der Waals surface area contributed by atoms with Crippen LogP contribution in [0, 0.1) is 0 Å². The van der Waals surface area contributed by atoms with Gasteiger partial charge in [0, 0.05) is 11.1 Å². The second kappa shape index (κ2) is 10.8. The van der Waals surface area contributed by atoms with Crippen molar-refractivity contribution in [3.05, 3.63) is 82.9 Å². The molecule has 200 valence electrons. The quantitative estimate of drug-likeness (QED) is 0.168. The van der Waals surface area contributed by atoms with Gasteiger partial charge in [-0.2, -0.15) is 0 Å². The van der Waals surface area contributed by atoms with Gasteiger partial charge in [0.2, 0.25) is 0 Å². The minimum atomic E-state index is -1.01. The number of ether oxygens (including phenoxy) is 3. The minimum Gasteiger partial charge on any atom is -0.507 e. The zero-order valence-electron chi connectivity index (χ0n) is 22.1. The highest BCUT2D eigenvalue weighted by atomic mass is 32.1. The number of aryl methyl sites for hydroxylation is 1. The SMILES string of the molecule is CCOc1ccc(/C(O)=C2\C(=O)C(=O)N(c3nc4ccc(CC)cc4s3)[C@H]2c2cc(OC)ccc2OC)cc1. The van der Waals surface area contributed by atoms with Crippen LogP contribution in [-0.2, 0) is 16.0 Å². The molecule has 2 heterocycles. The Morgan fingerprint density at radius 2 is 1.72 bits per heavy atom. The molecule has 8 nitrogen and oxygen atoms in total. The average molecular weight is 545 g/mol. The second-order valence-corrected chi connectivity index (χ2v) is 9.90. The molecule has 0 spiro atoms. The van der Waals surface area contributed by atoms with E-state index in [0.717, 1.165) is 22.2 Å². The number of aromatic nitrogens is 1. The summed E-state index contributed by atoms with van der Waals surface area (Å²) < 4.78 is 17.5. The van der Waals surface area contributed by atoms with Crippen molar-refractivity contribution in [2.75, 3.05) is 25.7 Å². The molecule has 0 saturated carbocycles. The number of hydrogen-bond donors (Lipinski definition) is 1. The molecule has 0 bridgehead atoms. The molecule has 1 fully saturated rings. The van der Waals surface area contributed by atoms with Gasteiger partial charge in [0.05, 0.1) is 36.6 Å². The molecule has 1 aliphatic rings. The zero-order chi connectivity index (χ0) is 27.7.